The molecule has 0 aliphatic heterocycles. The van der Waals surface area contributed by atoms with Crippen LogP contribution in [0.4, 0.5) is 11.4 Å². The lowest BCUT2D eigenvalue weighted by molar-refractivity contribution is -0.384. The molecule has 0 radical (unpaired) electrons. The third-order valence-corrected chi connectivity index (χ3v) is 4.86. The monoisotopic (exact) mass is 319 g/mol. The van der Waals surface area contributed by atoms with Crippen LogP contribution in [0, 0.1) is 17.0 Å². The second-order valence-corrected chi connectivity index (χ2v) is 6.75. The predicted octanol–water partition coefficient (Wildman–Crippen LogP) is 1.59. The van der Waals surface area contributed by atoms with E-state index in [1.54, 1.807) is 14.0 Å². The zero-order chi connectivity index (χ0) is 15.3. The summed E-state index contributed by atoms with van der Waals surface area (Å²) in [6.45, 7) is 1.89. The molecular weight excluding hydrogens is 302 g/mol. The molecule has 0 bridgehead atoms. The normalized spacial score (nSPS) is 11.3. The summed E-state index contributed by atoms with van der Waals surface area (Å²) in [7, 11) is -2.19. The number of sulfonamides is 1. The van der Waals surface area contributed by atoms with Crippen molar-refractivity contribution < 1.29 is 13.3 Å². The first-order chi connectivity index (χ1) is 9.33. The van der Waals surface area contributed by atoms with E-state index in [9.17, 15) is 18.5 Å². The Morgan fingerprint density at radius 3 is 2.55 bits per heavy atom. The van der Waals surface area contributed by atoms with Crippen LogP contribution in [0.5, 0.6) is 0 Å². The Morgan fingerprint density at radius 1 is 1.40 bits per heavy atom. The summed E-state index contributed by atoms with van der Waals surface area (Å²) in [5, 5.41) is 13.7. The zero-order valence-electron chi connectivity index (χ0n) is 11.5. The molecule has 0 amide bonds. The highest BCUT2D eigenvalue weighted by Gasteiger charge is 2.23. The quantitative estimate of drug-likeness (QED) is 0.449. The van der Waals surface area contributed by atoms with Crippen molar-refractivity contribution in [2.75, 3.05) is 30.9 Å². The smallest absolute Gasteiger partial charge is 0.293 e. The first-order valence-corrected chi connectivity index (χ1v) is 8.66. The summed E-state index contributed by atoms with van der Waals surface area (Å²) in [6, 6.07) is 2.55. The predicted molar refractivity (Wildman–Crippen MR) is 81.0 cm³/mol. The van der Waals surface area contributed by atoms with Crippen molar-refractivity contribution in [3.05, 3.63) is 27.8 Å². The van der Waals surface area contributed by atoms with Crippen LogP contribution in [0.3, 0.4) is 0 Å². The van der Waals surface area contributed by atoms with Gasteiger partial charge < -0.3 is 5.32 Å². The Hall–Kier alpha value is -1.32. The summed E-state index contributed by atoms with van der Waals surface area (Å²) in [4.78, 5) is 10.3. The minimum Gasteiger partial charge on any atom is -0.383 e. The minimum absolute atomic E-state index is 0.0655. The van der Waals surface area contributed by atoms with Gasteiger partial charge in [-0.15, -0.1) is 0 Å². The lowest BCUT2D eigenvalue weighted by atomic mass is 10.2. The molecule has 0 unspecified atom stereocenters. The number of benzene rings is 1. The molecule has 0 saturated heterocycles. The van der Waals surface area contributed by atoms with Gasteiger partial charge in [0.2, 0.25) is 10.0 Å². The molecule has 0 saturated carbocycles. The second-order valence-electron chi connectivity index (χ2n) is 4.03. The van der Waals surface area contributed by atoms with Crippen molar-refractivity contribution in [2.24, 2.45) is 0 Å². The number of nitrogens with one attached hydrogen (secondary N) is 2. The zero-order valence-corrected chi connectivity index (χ0v) is 13.1. The molecule has 1 aromatic rings. The topological polar surface area (TPSA) is 101 Å². The van der Waals surface area contributed by atoms with Crippen molar-refractivity contribution in [2.45, 2.75) is 11.8 Å². The van der Waals surface area contributed by atoms with Crippen molar-refractivity contribution >= 4 is 33.2 Å². The van der Waals surface area contributed by atoms with E-state index in [-0.39, 0.29) is 22.8 Å². The average Bonchev–Trinajstić information content (AvgIpc) is 2.37. The molecule has 1 rings (SSSR count). The van der Waals surface area contributed by atoms with Crippen LogP contribution in [-0.4, -0.2) is 38.9 Å². The maximum absolute atomic E-state index is 12.1. The Labute approximate surface area is 122 Å². The number of aryl methyl sites for hydroxylation is 1. The first-order valence-electron chi connectivity index (χ1n) is 5.79. The molecule has 112 valence electrons. The van der Waals surface area contributed by atoms with Crippen LogP contribution in [0.1, 0.15) is 5.56 Å². The van der Waals surface area contributed by atoms with Crippen LogP contribution in [0.2, 0.25) is 0 Å². The number of nitro benzene ring substituents is 1. The lowest BCUT2D eigenvalue weighted by Gasteiger charge is -2.11. The first kappa shape index (κ1) is 16.7. The minimum atomic E-state index is -3.74. The molecule has 0 spiro atoms. The van der Waals surface area contributed by atoms with Crippen molar-refractivity contribution in [1.29, 1.82) is 0 Å². The van der Waals surface area contributed by atoms with Gasteiger partial charge in [-0.1, -0.05) is 0 Å². The van der Waals surface area contributed by atoms with Gasteiger partial charge in [-0.05, 0) is 24.8 Å². The van der Waals surface area contributed by atoms with Crippen molar-refractivity contribution in [1.82, 2.24) is 4.72 Å². The molecule has 0 fully saturated rings. The average molecular weight is 319 g/mol. The van der Waals surface area contributed by atoms with E-state index in [0.717, 1.165) is 6.07 Å². The number of nitro groups is 1. The highest BCUT2D eigenvalue weighted by molar-refractivity contribution is 7.98. The van der Waals surface area contributed by atoms with Gasteiger partial charge in [-0.2, -0.15) is 11.8 Å². The summed E-state index contributed by atoms with van der Waals surface area (Å²) in [6.07, 6.45) is 1.87. The molecular formula is C11H17N3O4S2. The maximum atomic E-state index is 12.1. The molecule has 1 aromatic carbocycles. The summed E-state index contributed by atoms with van der Waals surface area (Å²) in [5.41, 5.74) is 0.482. The fraction of sp³-hybridized carbons (Fsp3) is 0.455. The van der Waals surface area contributed by atoms with Crippen molar-refractivity contribution in [3.8, 4) is 0 Å². The molecule has 0 heterocycles. The third kappa shape index (κ3) is 3.84. The van der Waals surface area contributed by atoms with Crippen LogP contribution < -0.4 is 10.0 Å². The number of thioether (sulfide) groups is 1. The van der Waals surface area contributed by atoms with Gasteiger partial charge in [0.15, 0.2) is 0 Å². The largest absolute Gasteiger partial charge is 0.383 e. The Morgan fingerprint density at radius 2 is 2.05 bits per heavy atom. The van der Waals surface area contributed by atoms with Gasteiger partial charge >= 0.3 is 0 Å². The van der Waals surface area contributed by atoms with E-state index >= 15 is 0 Å². The molecule has 0 aromatic heterocycles. The third-order valence-electron chi connectivity index (χ3n) is 2.65. The lowest BCUT2D eigenvalue weighted by Crippen LogP contribution is -2.26. The number of rotatable bonds is 7. The summed E-state index contributed by atoms with van der Waals surface area (Å²) in [5.74, 6) is 0.634. The van der Waals surface area contributed by atoms with E-state index < -0.39 is 14.9 Å². The molecule has 9 heteroatoms. The molecule has 0 aliphatic rings. The van der Waals surface area contributed by atoms with Gasteiger partial charge in [0, 0.05) is 25.4 Å². The van der Waals surface area contributed by atoms with E-state index in [4.69, 9.17) is 0 Å². The number of nitrogens with zero attached hydrogens (tertiary/aromatic N) is 1. The van der Waals surface area contributed by atoms with Crippen LogP contribution in [-0.2, 0) is 10.0 Å². The van der Waals surface area contributed by atoms with E-state index in [2.05, 4.69) is 10.0 Å². The number of hydrogen-bond acceptors (Lipinski definition) is 6. The Bertz CT molecular complexity index is 602. The highest BCUT2D eigenvalue weighted by atomic mass is 32.2. The fourth-order valence-corrected chi connectivity index (χ4v) is 3.39. The van der Waals surface area contributed by atoms with E-state index in [1.165, 1.54) is 17.8 Å². The van der Waals surface area contributed by atoms with Gasteiger partial charge in [-0.25, -0.2) is 13.1 Å². The van der Waals surface area contributed by atoms with E-state index in [1.807, 2.05) is 6.26 Å². The van der Waals surface area contributed by atoms with Crippen LogP contribution >= 0.6 is 11.8 Å². The number of hydrogen-bond donors (Lipinski definition) is 2. The van der Waals surface area contributed by atoms with Gasteiger partial charge in [0.1, 0.15) is 5.69 Å². The van der Waals surface area contributed by atoms with Gasteiger partial charge in [0.25, 0.3) is 5.69 Å². The Balaban J connectivity index is 3.24. The van der Waals surface area contributed by atoms with E-state index in [0.29, 0.717) is 11.3 Å². The summed E-state index contributed by atoms with van der Waals surface area (Å²) >= 11 is 1.51. The summed E-state index contributed by atoms with van der Waals surface area (Å²) < 4.78 is 26.7. The standard InChI is InChI=1S/C11H17N3O4S2/c1-8-6-9(12-2)10(14(15)16)7-11(8)20(17,18)13-4-5-19-3/h6-7,12-13H,4-5H2,1-3H3. The number of anilines is 1. The molecule has 20 heavy (non-hydrogen) atoms. The van der Waals surface area contributed by atoms with Crippen LogP contribution in [0.25, 0.3) is 0 Å². The fourth-order valence-electron chi connectivity index (χ4n) is 1.67. The SMILES string of the molecule is CNc1cc(C)c(S(=O)(=O)NCCSC)cc1[N+](=O)[O-]. The molecule has 0 aliphatic carbocycles. The van der Waals surface area contributed by atoms with Crippen LogP contribution in [0.15, 0.2) is 17.0 Å². The molecule has 0 atom stereocenters. The van der Waals surface area contributed by atoms with Gasteiger partial charge in [0.05, 0.1) is 9.82 Å². The highest BCUT2D eigenvalue weighted by Crippen LogP contribution is 2.30. The Kier molecular flexibility index (Phi) is 5.78. The molecule has 2 N–H and O–H groups in total. The maximum Gasteiger partial charge on any atom is 0.293 e. The molecule has 7 nitrogen and oxygen atoms in total. The second kappa shape index (κ2) is 6.91. The van der Waals surface area contributed by atoms with Gasteiger partial charge in [-0.3, -0.25) is 10.1 Å². The van der Waals surface area contributed by atoms with Crippen molar-refractivity contribution in [3.63, 3.8) is 0 Å².